The van der Waals surface area contributed by atoms with Crippen LogP contribution in [0.3, 0.4) is 0 Å². The van der Waals surface area contributed by atoms with Gasteiger partial charge < -0.3 is 4.52 Å². The van der Waals surface area contributed by atoms with Gasteiger partial charge in [0.2, 0.25) is 6.39 Å². The minimum atomic E-state index is 0.556. The Balaban J connectivity index is 2.15. The summed E-state index contributed by atoms with van der Waals surface area (Å²) in [6, 6.07) is 7.49. The number of halogens is 1. The van der Waals surface area contributed by atoms with Gasteiger partial charge in [-0.25, -0.2) is 0 Å². The van der Waals surface area contributed by atoms with E-state index in [9.17, 15) is 0 Å². The molecule has 0 bridgehead atoms. The molecule has 1 aromatic carbocycles. The van der Waals surface area contributed by atoms with Crippen LogP contribution in [0.2, 0.25) is 5.02 Å². The van der Waals surface area contributed by atoms with Crippen LogP contribution in [0.25, 0.3) is 12.2 Å². The smallest absolute Gasteiger partial charge is 0.214 e. The summed E-state index contributed by atoms with van der Waals surface area (Å²) < 4.78 is 4.59. The number of benzene rings is 1. The summed E-state index contributed by atoms with van der Waals surface area (Å²) in [4.78, 5) is 3.86. The first-order chi connectivity index (χ1) is 6.84. The van der Waals surface area contributed by atoms with Gasteiger partial charge in [0.25, 0.3) is 0 Å². The highest BCUT2D eigenvalue weighted by Crippen LogP contribution is 2.11. The third kappa shape index (κ3) is 2.20. The predicted octanol–water partition coefficient (Wildman–Crippen LogP) is 2.89. The second-order valence-corrected chi connectivity index (χ2v) is 3.11. The highest BCUT2D eigenvalue weighted by atomic mass is 35.5. The van der Waals surface area contributed by atoms with E-state index in [1.54, 1.807) is 6.08 Å². The zero-order valence-electron chi connectivity index (χ0n) is 7.22. The van der Waals surface area contributed by atoms with E-state index in [4.69, 9.17) is 11.6 Å². The number of hydrogen-bond donors (Lipinski definition) is 0. The summed E-state index contributed by atoms with van der Waals surface area (Å²) >= 11 is 5.75. The Bertz CT molecular complexity index is 420. The lowest BCUT2D eigenvalue weighted by Gasteiger charge is -1.91. The van der Waals surface area contributed by atoms with Crippen molar-refractivity contribution >= 4 is 23.8 Å². The van der Waals surface area contributed by atoms with Gasteiger partial charge in [0.15, 0.2) is 5.82 Å². The Hall–Kier alpha value is -1.61. The van der Waals surface area contributed by atoms with Gasteiger partial charge >= 0.3 is 0 Å². The van der Waals surface area contributed by atoms with Crippen LogP contribution in [0, 0.1) is 0 Å². The first kappa shape index (κ1) is 8.97. The maximum absolute atomic E-state index is 5.75. The number of hydrogen-bond acceptors (Lipinski definition) is 3. The lowest BCUT2D eigenvalue weighted by atomic mass is 10.2. The third-order valence-corrected chi connectivity index (χ3v) is 1.93. The highest BCUT2D eigenvalue weighted by molar-refractivity contribution is 6.30. The summed E-state index contributed by atoms with van der Waals surface area (Å²) in [7, 11) is 0. The summed E-state index contributed by atoms with van der Waals surface area (Å²) in [5.41, 5.74) is 1.04. The molecule has 0 aliphatic carbocycles. The van der Waals surface area contributed by atoms with E-state index in [1.807, 2.05) is 30.3 Å². The fourth-order valence-electron chi connectivity index (χ4n) is 0.997. The van der Waals surface area contributed by atoms with E-state index in [1.165, 1.54) is 6.39 Å². The molecule has 0 saturated carbocycles. The molecule has 2 rings (SSSR count). The molecule has 1 heterocycles. The van der Waals surface area contributed by atoms with Crippen molar-refractivity contribution < 1.29 is 4.52 Å². The van der Waals surface area contributed by atoms with Crippen LogP contribution in [0.1, 0.15) is 11.4 Å². The molecule has 0 amide bonds. The van der Waals surface area contributed by atoms with Gasteiger partial charge in [-0.2, -0.15) is 4.98 Å². The normalized spacial score (nSPS) is 10.9. The molecule has 14 heavy (non-hydrogen) atoms. The molecule has 0 fully saturated rings. The maximum Gasteiger partial charge on any atom is 0.214 e. The van der Waals surface area contributed by atoms with Crippen LogP contribution >= 0.6 is 11.6 Å². The minimum Gasteiger partial charge on any atom is -0.342 e. The van der Waals surface area contributed by atoms with Gasteiger partial charge in [0.1, 0.15) is 0 Å². The van der Waals surface area contributed by atoms with Crippen LogP contribution in [0.15, 0.2) is 35.2 Å². The maximum atomic E-state index is 5.75. The number of rotatable bonds is 2. The number of nitrogens with zero attached hydrogens (tertiary/aromatic N) is 2. The van der Waals surface area contributed by atoms with Crippen LogP contribution in [-0.4, -0.2) is 10.1 Å². The van der Waals surface area contributed by atoms with Crippen molar-refractivity contribution in [2.75, 3.05) is 0 Å². The third-order valence-electron chi connectivity index (χ3n) is 1.67. The molecule has 2 aromatic rings. The van der Waals surface area contributed by atoms with Crippen LogP contribution in [0.5, 0.6) is 0 Å². The Morgan fingerprint density at radius 1 is 1.14 bits per heavy atom. The molecule has 0 radical (unpaired) electrons. The Morgan fingerprint density at radius 2 is 1.93 bits per heavy atom. The topological polar surface area (TPSA) is 38.9 Å². The summed E-state index contributed by atoms with van der Waals surface area (Å²) in [5, 5.41) is 4.37. The van der Waals surface area contributed by atoms with Crippen molar-refractivity contribution in [2.24, 2.45) is 0 Å². The van der Waals surface area contributed by atoms with Gasteiger partial charge in [-0.1, -0.05) is 35.0 Å². The van der Waals surface area contributed by atoms with Crippen LogP contribution in [-0.2, 0) is 0 Å². The lowest BCUT2D eigenvalue weighted by Crippen LogP contribution is -1.74. The van der Waals surface area contributed by atoms with Crippen molar-refractivity contribution in [2.45, 2.75) is 0 Å². The largest absolute Gasteiger partial charge is 0.342 e. The Labute approximate surface area is 86.0 Å². The molecule has 0 saturated heterocycles. The SMILES string of the molecule is Clc1ccc(/C=C/c2ncon2)cc1. The quantitative estimate of drug-likeness (QED) is 0.759. The van der Waals surface area contributed by atoms with Crippen molar-refractivity contribution in [3.63, 3.8) is 0 Å². The van der Waals surface area contributed by atoms with Gasteiger partial charge in [0.05, 0.1) is 0 Å². The summed E-state index contributed by atoms with van der Waals surface area (Å²) in [6.45, 7) is 0. The van der Waals surface area contributed by atoms with Gasteiger partial charge in [0, 0.05) is 5.02 Å². The molecule has 0 spiro atoms. The standard InChI is InChI=1S/C10H7ClN2O/c11-9-4-1-8(2-5-9)3-6-10-12-7-14-13-10/h1-7H/b6-3+. The molecule has 1 aromatic heterocycles. The fraction of sp³-hybridized carbons (Fsp3) is 0. The van der Waals surface area contributed by atoms with E-state index < -0.39 is 0 Å². The van der Waals surface area contributed by atoms with E-state index in [0.717, 1.165) is 10.6 Å². The van der Waals surface area contributed by atoms with Gasteiger partial charge in [-0.05, 0) is 23.8 Å². The molecule has 70 valence electrons. The molecular formula is C10H7ClN2O. The van der Waals surface area contributed by atoms with Crippen molar-refractivity contribution in [1.82, 2.24) is 10.1 Å². The lowest BCUT2D eigenvalue weighted by molar-refractivity contribution is 0.415. The zero-order chi connectivity index (χ0) is 9.80. The first-order valence-corrected chi connectivity index (χ1v) is 4.42. The average molecular weight is 207 g/mol. The molecule has 3 nitrogen and oxygen atoms in total. The second-order valence-electron chi connectivity index (χ2n) is 2.67. The van der Waals surface area contributed by atoms with Crippen LogP contribution < -0.4 is 0 Å². The molecule has 0 atom stereocenters. The highest BCUT2D eigenvalue weighted by Gasteiger charge is 1.91. The Morgan fingerprint density at radius 3 is 2.57 bits per heavy atom. The Kier molecular flexibility index (Phi) is 2.60. The summed E-state index contributed by atoms with van der Waals surface area (Å²) in [6.07, 6.45) is 4.95. The van der Waals surface area contributed by atoms with Gasteiger partial charge in [-0.15, -0.1) is 0 Å². The molecule has 0 aliphatic heterocycles. The number of aromatic nitrogens is 2. The van der Waals surface area contributed by atoms with E-state index in [0.29, 0.717) is 5.82 Å². The monoisotopic (exact) mass is 206 g/mol. The fourth-order valence-corrected chi connectivity index (χ4v) is 1.12. The van der Waals surface area contributed by atoms with Crippen molar-refractivity contribution in [3.05, 3.63) is 47.1 Å². The van der Waals surface area contributed by atoms with E-state index in [-0.39, 0.29) is 0 Å². The van der Waals surface area contributed by atoms with Gasteiger partial charge in [-0.3, -0.25) is 0 Å². The van der Waals surface area contributed by atoms with Crippen molar-refractivity contribution in [1.29, 1.82) is 0 Å². The predicted molar refractivity (Wildman–Crippen MR) is 54.7 cm³/mol. The molecule has 4 heteroatoms. The van der Waals surface area contributed by atoms with E-state index >= 15 is 0 Å². The van der Waals surface area contributed by atoms with E-state index in [2.05, 4.69) is 14.7 Å². The zero-order valence-corrected chi connectivity index (χ0v) is 7.98. The van der Waals surface area contributed by atoms with Crippen LogP contribution in [0.4, 0.5) is 0 Å². The summed E-state index contributed by atoms with van der Waals surface area (Å²) in [5.74, 6) is 0.556. The average Bonchev–Trinajstić information content (AvgIpc) is 2.70. The first-order valence-electron chi connectivity index (χ1n) is 4.04. The second kappa shape index (κ2) is 4.07. The molecule has 0 aliphatic rings. The minimum absolute atomic E-state index is 0.556. The van der Waals surface area contributed by atoms with Crippen molar-refractivity contribution in [3.8, 4) is 0 Å². The molecule has 0 N–H and O–H groups in total. The molecular weight excluding hydrogens is 200 g/mol. The molecule has 0 unspecified atom stereocenters.